The van der Waals surface area contributed by atoms with Crippen molar-refractivity contribution in [1.82, 2.24) is 9.80 Å². The van der Waals surface area contributed by atoms with Gasteiger partial charge < -0.3 is 24.1 Å². The highest BCUT2D eigenvalue weighted by Crippen LogP contribution is 2.42. The number of benzene rings is 2. The Labute approximate surface area is 219 Å². The van der Waals surface area contributed by atoms with E-state index >= 15 is 0 Å². The van der Waals surface area contributed by atoms with Gasteiger partial charge in [0.05, 0.1) is 22.8 Å². The summed E-state index contributed by atoms with van der Waals surface area (Å²) in [7, 11) is 0. The second kappa shape index (κ2) is 10.5. The van der Waals surface area contributed by atoms with E-state index in [2.05, 4.69) is 19.2 Å². The van der Waals surface area contributed by atoms with E-state index in [4.69, 9.17) is 13.9 Å². The van der Waals surface area contributed by atoms with Crippen LogP contribution in [-0.2, 0) is 4.79 Å². The Morgan fingerprint density at radius 3 is 2.29 bits per heavy atom. The molecule has 0 radical (unpaired) electrons. The van der Waals surface area contributed by atoms with E-state index in [0.29, 0.717) is 43.5 Å². The van der Waals surface area contributed by atoms with Crippen molar-refractivity contribution in [3.05, 3.63) is 81.8 Å². The van der Waals surface area contributed by atoms with Gasteiger partial charge in [0.2, 0.25) is 12.7 Å². The highest BCUT2D eigenvalue weighted by Gasteiger charge is 2.38. The molecule has 1 unspecified atom stereocenters. The molecule has 1 aromatic heterocycles. The van der Waals surface area contributed by atoms with Crippen LogP contribution in [0.1, 0.15) is 47.5 Å². The molecule has 1 fully saturated rings. The molecule has 2 aromatic carbocycles. The number of hydrogen-bond acceptors (Lipinski definition) is 8. The molecule has 0 bridgehead atoms. The summed E-state index contributed by atoms with van der Waals surface area (Å²) in [6.07, 6.45) is 1.44. The predicted molar refractivity (Wildman–Crippen MR) is 137 cm³/mol. The molecule has 2 amide bonds. The Morgan fingerprint density at radius 2 is 1.68 bits per heavy atom. The van der Waals surface area contributed by atoms with E-state index < -0.39 is 16.9 Å². The summed E-state index contributed by atoms with van der Waals surface area (Å²) >= 11 is 0. The van der Waals surface area contributed by atoms with Gasteiger partial charge >= 0.3 is 0 Å². The van der Waals surface area contributed by atoms with Crippen molar-refractivity contribution in [3.8, 4) is 11.5 Å². The number of furan rings is 1. The maximum atomic E-state index is 13.8. The fraction of sp³-hybridized carbons (Fsp3) is 0.333. The first-order valence-electron chi connectivity index (χ1n) is 12.4. The van der Waals surface area contributed by atoms with Crippen LogP contribution in [0.4, 0.5) is 11.4 Å². The molecule has 1 saturated heterocycles. The van der Waals surface area contributed by atoms with Gasteiger partial charge in [0.15, 0.2) is 17.3 Å². The van der Waals surface area contributed by atoms with Gasteiger partial charge in [-0.3, -0.25) is 24.6 Å². The van der Waals surface area contributed by atoms with E-state index in [0.717, 1.165) is 5.56 Å². The summed E-state index contributed by atoms with van der Waals surface area (Å²) in [4.78, 5) is 41.5. The van der Waals surface area contributed by atoms with Gasteiger partial charge in [0, 0.05) is 31.9 Å². The summed E-state index contributed by atoms with van der Waals surface area (Å²) in [5.74, 6) is 0.520. The zero-order valence-corrected chi connectivity index (χ0v) is 21.1. The number of nitro groups is 1. The molecule has 5 rings (SSSR count). The predicted octanol–water partition coefficient (Wildman–Crippen LogP) is 4.18. The lowest BCUT2D eigenvalue weighted by atomic mass is 9.99. The second-order valence-corrected chi connectivity index (χ2v) is 9.50. The Kier molecular flexibility index (Phi) is 7.01. The SMILES string of the molecule is CC(C)c1ccc(NC(=O)C(c2cc3c(cc2[N+](=O)[O-])OCO3)N2CCN(C(=O)c3ccco3)CC2)cc1. The van der Waals surface area contributed by atoms with Gasteiger partial charge in [-0.1, -0.05) is 26.0 Å². The highest BCUT2D eigenvalue weighted by atomic mass is 16.7. The molecule has 1 N–H and O–H groups in total. The van der Waals surface area contributed by atoms with Crippen molar-refractivity contribution in [2.24, 2.45) is 0 Å². The van der Waals surface area contributed by atoms with E-state index in [1.54, 1.807) is 17.0 Å². The van der Waals surface area contributed by atoms with Gasteiger partial charge in [0.25, 0.3) is 11.6 Å². The van der Waals surface area contributed by atoms with Crippen molar-refractivity contribution in [2.45, 2.75) is 25.8 Å². The number of carbonyl (C=O) groups excluding carboxylic acids is 2. The number of nitrogens with zero attached hydrogens (tertiary/aromatic N) is 3. The van der Waals surface area contributed by atoms with Crippen molar-refractivity contribution < 1.29 is 28.4 Å². The maximum absolute atomic E-state index is 13.8. The Balaban J connectivity index is 1.44. The number of carbonyl (C=O) groups is 2. The van der Waals surface area contributed by atoms with Crippen molar-refractivity contribution >= 4 is 23.2 Å². The zero-order chi connectivity index (χ0) is 26.8. The van der Waals surface area contributed by atoms with Crippen LogP contribution >= 0.6 is 0 Å². The van der Waals surface area contributed by atoms with Crippen LogP contribution in [0.25, 0.3) is 0 Å². The van der Waals surface area contributed by atoms with Gasteiger partial charge in [-0.2, -0.15) is 0 Å². The molecule has 2 aliphatic heterocycles. The molecule has 1 atom stereocenters. The number of nitrogens with one attached hydrogen (secondary N) is 1. The molecular formula is C27H28N4O7. The number of hydrogen-bond donors (Lipinski definition) is 1. The normalized spacial score (nSPS) is 15.9. The third-order valence-electron chi connectivity index (χ3n) is 6.80. The largest absolute Gasteiger partial charge is 0.459 e. The number of amides is 2. The number of fused-ring (bicyclic) bond motifs is 1. The summed E-state index contributed by atoms with van der Waals surface area (Å²) in [6, 6.07) is 12.6. The molecule has 11 nitrogen and oxygen atoms in total. The number of ether oxygens (including phenoxy) is 2. The Morgan fingerprint density at radius 1 is 1.00 bits per heavy atom. The molecule has 0 aliphatic carbocycles. The van der Waals surface area contributed by atoms with Gasteiger partial charge in [-0.25, -0.2) is 0 Å². The molecule has 2 aliphatic rings. The molecule has 0 saturated carbocycles. The van der Waals surface area contributed by atoms with Crippen molar-refractivity contribution in [3.63, 3.8) is 0 Å². The summed E-state index contributed by atoms with van der Waals surface area (Å²) in [6.45, 7) is 5.40. The summed E-state index contributed by atoms with van der Waals surface area (Å²) < 4.78 is 16.0. The minimum absolute atomic E-state index is 0.0530. The second-order valence-electron chi connectivity index (χ2n) is 9.50. The smallest absolute Gasteiger partial charge is 0.289 e. The average Bonchev–Trinajstić information content (AvgIpc) is 3.61. The molecule has 198 valence electrons. The van der Waals surface area contributed by atoms with Crippen LogP contribution in [0, 0.1) is 10.1 Å². The zero-order valence-electron chi connectivity index (χ0n) is 21.1. The molecular weight excluding hydrogens is 492 g/mol. The minimum Gasteiger partial charge on any atom is -0.459 e. The van der Waals surface area contributed by atoms with E-state index in [1.165, 1.54) is 18.4 Å². The van der Waals surface area contributed by atoms with Gasteiger partial charge in [-0.05, 0) is 41.8 Å². The molecule has 3 heterocycles. The minimum atomic E-state index is -1.00. The lowest BCUT2D eigenvalue weighted by molar-refractivity contribution is -0.385. The highest BCUT2D eigenvalue weighted by molar-refractivity contribution is 5.96. The van der Waals surface area contributed by atoms with Crippen LogP contribution in [0.3, 0.4) is 0 Å². The Bertz CT molecular complexity index is 1330. The van der Waals surface area contributed by atoms with Crippen molar-refractivity contribution in [1.29, 1.82) is 0 Å². The number of piperazine rings is 1. The summed E-state index contributed by atoms with van der Waals surface area (Å²) in [5, 5.41) is 15.0. The van der Waals surface area contributed by atoms with Gasteiger partial charge in [-0.15, -0.1) is 0 Å². The van der Waals surface area contributed by atoms with Crippen LogP contribution in [0.15, 0.2) is 59.2 Å². The van der Waals surface area contributed by atoms with Crippen LogP contribution < -0.4 is 14.8 Å². The fourth-order valence-corrected chi connectivity index (χ4v) is 4.73. The van der Waals surface area contributed by atoms with E-state index in [-0.39, 0.29) is 35.5 Å². The monoisotopic (exact) mass is 520 g/mol. The van der Waals surface area contributed by atoms with Gasteiger partial charge in [0.1, 0.15) is 6.04 Å². The number of anilines is 1. The van der Waals surface area contributed by atoms with Crippen LogP contribution in [0.5, 0.6) is 11.5 Å². The average molecular weight is 521 g/mol. The van der Waals surface area contributed by atoms with E-state index in [9.17, 15) is 19.7 Å². The number of nitro benzene ring substituents is 1. The quantitative estimate of drug-likeness (QED) is 0.363. The summed E-state index contributed by atoms with van der Waals surface area (Å²) in [5.41, 5.74) is 1.67. The molecule has 0 spiro atoms. The topological polar surface area (TPSA) is 127 Å². The lowest BCUT2D eigenvalue weighted by Crippen LogP contribution is -2.51. The van der Waals surface area contributed by atoms with Crippen LogP contribution in [-0.4, -0.2) is 59.5 Å². The maximum Gasteiger partial charge on any atom is 0.289 e. The van der Waals surface area contributed by atoms with Crippen molar-refractivity contribution in [2.75, 3.05) is 38.3 Å². The first-order chi connectivity index (χ1) is 18.3. The standard InChI is InChI=1S/C27H28N4O7/c1-17(2)18-5-7-19(8-6-18)28-26(32)25(20-14-23-24(38-16-37-23)15-21(20)31(34)35)29-9-11-30(12-10-29)27(33)22-4-3-13-36-22/h3-8,13-15,17,25H,9-12,16H2,1-2H3,(H,28,32). The number of rotatable bonds is 7. The molecule has 3 aromatic rings. The first kappa shape index (κ1) is 25.3. The molecule has 11 heteroatoms. The third-order valence-corrected chi connectivity index (χ3v) is 6.80. The fourth-order valence-electron chi connectivity index (χ4n) is 4.73. The Hall–Kier alpha value is -4.38. The lowest BCUT2D eigenvalue weighted by Gasteiger charge is -2.38. The molecule has 38 heavy (non-hydrogen) atoms. The first-order valence-corrected chi connectivity index (χ1v) is 12.4. The van der Waals surface area contributed by atoms with E-state index in [1.807, 2.05) is 29.2 Å². The van der Waals surface area contributed by atoms with Crippen LogP contribution in [0.2, 0.25) is 0 Å². The third kappa shape index (κ3) is 5.05.